The molecule has 0 radical (unpaired) electrons. The molecule has 4 aromatic heterocycles. The first-order chi connectivity index (χ1) is 21.8. The summed E-state index contributed by atoms with van der Waals surface area (Å²) in [4.78, 5) is 14.7. The summed E-state index contributed by atoms with van der Waals surface area (Å²) in [6, 6.07) is 45.2. The molecule has 0 unspecified atom stereocenters. The molecule has 5 nitrogen and oxygen atoms in total. The molecule has 0 N–H and O–H groups in total. The van der Waals surface area contributed by atoms with Gasteiger partial charge < -0.3 is 8.83 Å². The molecule has 0 aliphatic carbocycles. The first-order valence-electron chi connectivity index (χ1n) is 14.5. The van der Waals surface area contributed by atoms with Crippen LogP contribution >= 0.6 is 0 Å². The highest BCUT2D eigenvalue weighted by molar-refractivity contribution is 6.18. The maximum Gasteiger partial charge on any atom is 0.180 e. The van der Waals surface area contributed by atoms with Gasteiger partial charge in [0.1, 0.15) is 33.7 Å². The molecule has 0 bridgehead atoms. The number of benzene rings is 5. The molecule has 5 aromatic carbocycles. The fourth-order valence-corrected chi connectivity index (χ4v) is 6.14. The minimum Gasteiger partial charge on any atom is -0.455 e. The van der Waals surface area contributed by atoms with Crippen LogP contribution in [0.5, 0.6) is 0 Å². The van der Waals surface area contributed by atoms with Crippen molar-refractivity contribution in [1.82, 2.24) is 15.0 Å². The lowest BCUT2D eigenvalue weighted by molar-refractivity contribution is 0.667. The van der Waals surface area contributed by atoms with Gasteiger partial charge in [0.15, 0.2) is 11.4 Å². The van der Waals surface area contributed by atoms with Crippen LogP contribution in [0.4, 0.5) is 0 Å². The molecule has 0 saturated carbocycles. The van der Waals surface area contributed by atoms with E-state index in [1.807, 2.05) is 66.7 Å². The van der Waals surface area contributed by atoms with E-state index in [1.165, 1.54) is 0 Å². The van der Waals surface area contributed by atoms with Gasteiger partial charge in [-0.25, -0.2) is 9.97 Å². The van der Waals surface area contributed by atoms with Crippen molar-refractivity contribution in [3.63, 3.8) is 0 Å². The Morgan fingerprint density at radius 2 is 1.20 bits per heavy atom. The van der Waals surface area contributed by atoms with Crippen LogP contribution in [0.3, 0.4) is 0 Å². The largest absolute Gasteiger partial charge is 0.455 e. The second kappa shape index (κ2) is 9.75. The minimum absolute atomic E-state index is 0.541. The second-order valence-corrected chi connectivity index (χ2v) is 10.8. The summed E-state index contributed by atoms with van der Waals surface area (Å²) >= 11 is 0. The van der Waals surface area contributed by atoms with Crippen molar-refractivity contribution >= 4 is 44.0 Å². The Balaban J connectivity index is 1.41. The molecule has 0 aliphatic heterocycles. The molecular formula is C39H23N3O2. The summed E-state index contributed by atoms with van der Waals surface area (Å²) in [5, 5.41) is 2.92. The normalized spacial score (nSPS) is 11.6. The van der Waals surface area contributed by atoms with Crippen LogP contribution in [-0.2, 0) is 0 Å². The van der Waals surface area contributed by atoms with Gasteiger partial charge in [-0.1, -0.05) is 91.0 Å². The molecule has 0 saturated heterocycles. The SMILES string of the molecule is c1ccc(-c2cc(-c3ccccc3)c3oc4cccc(-c5nc(-c6ccccn6)nc6c5oc5ccccc56)c4c3c2)cc1. The molecule has 0 amide bonds. The molecule has 0 fully saturated rings. The number of fused-ring (bicyclic) bond motifs is 6. The Kier molecular flexibility index (Phi) is 5.43. The van der Waals surface area contributed by atoms with Crippen LogP contribution in [0.15, 0.2) is 148 Å². The van der Waals surface area contributed by atoms with Crippen LogP contribution < -0.4 is 0 Å². The first kappa shape index (κ1) is 24.5. The number of nitrogens with zero attached hydrogens (tertiary/aromatic N) is 3. The quantitative estimate of drug-likeness (QED) is 0.212. The molecule has 4 heterocycles. The zero-order valence-electron chi connectivity index (χ0n) is 23.4. The van der Waals surface area contributed by atoms with E-state index >= 15 is 0 Å². The highest BCUT2D eigenvalue weighted by atomic mass is 16.3. The predicted molar refractivity (Wildman–Crippen MR) is 176 cm³/mol. The van der Waals surface area contributed by atoms with Gasteiger partial charge in [0.05, 0.1) is 0 Å². The number of hydrogen-bond acceptors (Lipinski definition) is 5. The average molecular weight is 566 g/mol. The van der Waals surface area contributed by atoms with Crippen molar-refractivity contribution in [2.75, 3.05) is 0 Å². The standard InChI is InChI=1S/C39H23N3O2/c1-3-12-24(13-4-1)26-22-29(25-14-5-2-6-15-25)37-30(23-26)34-28(17-11-20-33(34)44-37)36-38-35(27-16-7-8-19-32(27)43-38)41-39(42-36)31-18-9-10-21-40-31/h1-23H. The average Bonchev–Trinajstić information content (AvgIpc) is 3.67. The second-order valence-electron chi connectivity index (χ2n) is 10.8. The predicted octanol–water partition coefficient (Wildman–Crippen LogP) is 10.3. The van der Waals surface area contributed by atoms with Crippen molar-refractivity contribution in [3.8, 4) is 45.0 Å². The summed E-state index contributed by atoms with van der Waals surface area (Å²) in [7, 11) is 0. The smallest absolute Gasteiger partial charge is 0.180 e. The van der Waals surface area contributed by atoms with Gasteiger partial charge >= 0.3 is 0 Å². The lowest BCUT2D eigenvalue weighted by atomic mass is 9.94. The fraction of sp³-hybridized carbons (Fsp3) is 0. The van der Waals surface area contributed by atoms with E-state index < -0.39 is 0 Å². The third-order valence-electron chi connectivity index (χ3n) is 8.16. The van der Waals surface area contributed by atoms with Gasteiger partial charge in [0, 0.05) is 33.5 Å². The number of aromatic nitrogens is 3. The Bertz CT molecular complexity index is 2480. The third-order valence-corrected chi connectivity index (χ3v) is 8.16. The number of furan rings is 2. The molecule has 9 rings (SSSR count). The lowest BCUT2D eigenvalue weighted by Gasteiger charge is -2.09. The minimum atomic E-state index is 0.541. The van der Waals surface area contributed by atoms with Crippen molar-refractivity contribution in [2.24, 2.45) is 0 Å². The van der Waals surface area contributed by atoms with E-state index in [4.69, 9.17) is 18.8 Å². The van der Waals surface area contributed by atoms with Gasteiger partial charge in [-0.3, -0.25) is 4.98 Å². The monoisotopic (exact) mass is 565 g/mol. The van der Waals surface area contributed by atoms with Gasteiger partial charge in [-0.15, -0.1) is 0 Å². The maximum absolute atomic E-state index is 6.69. The van der Waals surface area contributed by atoms with Crippen molar-refractivity contribution in [2.45, 2.75) is 0 Å². The first-order valence-corrected chi connectivity index (χ1v) is 14.5. The Morgan fingerprint density at radius 3 is 2.02 bits per heavy atom. The summed E-state index contributed by atoms with van der Waals surface area (Å²) in [5.74, 6) is 0.541. The molecule has 5 heteroatoms. The Morgan fingerprint density at radius 1 is 0.477 bits per heavy atom. The van der Waals surface area contributed by atoms with Gasteiger partial charge in [0.2, 0.25) is 0 Å². The number of hydrogen-bond donors (Lipinski definition) is 0. The summed E-state index contributed by atoms with van der Waals surface area (Å²) in [6.07, 6.45) is 1.76. The molecule has 0 spiro atoms. The van der Waals surface area contributed by atoms with Crippen LogP contribution in [-0.4, -0.2) is 15.0 Å². The highest BCUT2D eigenvalue weighted by Gasteiger charge is 2.23. The van der Waals surface area contributed by atoms with E-state index in [2.05, 4.69) is 71.7 Å². The molecule has 0 aliphatic rings. The van der Waals surface area contributed by atoms with Crippen molar-refractivity contribution in [3.05, 3.63) is 140 Å². The summed E-state index contributed by atoms with van der Waals surface area (Å²) in [6.45, 7) is 0. The Labute approximate surface area is 252 Å². The zero-order chi connectivity index (χ0) is 29.0. The molecule has 206 valence electrons. The van der Waals surface area contributed by atoms with Crippen LogP contribution in [0.1, 0.15) is 0 Å². The number of para-hydroxylation sites is 1. The van der Waals surface area contributed by atoms with E-state index in [0.717, 1.165) is 66.2 Å². The van der Waals surface area contributed by atoms with E-state index in [9.17, 15) is 0 Å². The van der Waals surface area contributed by atoms with Gasteiger partial charge in [0.25, 0.3) is 0 Å². The molecule has 0 atom stereocenters. The van der Waals surface area contributed by atoms with Gasteiger partial charge in [-0.05, 0) is 59.2 Å². The summed E-state index contributed by atoms with van der Waals surface area (Å²) < 4.78 is 13.2. The van der Waals surface area contributed by atoms with E-state index in [1.54, 1.807) is 6.20 Å². The maximum atomic E-state index is 6.69. The highest BCUT2D eigenvalue weighted by Crippen LogP contribution is 2.44. The van der Waals surface area contributed by atoms with Crippen molar-refractivity contribution in [1.29, 1.82) is 0 Å². The van der Waals surface area contributed by atoms with Crippen LogP contribution in [0, 0.1) is 0 Å². The topological polar surface area (TPSA) is 65.0 Å². The number of pyridine rings is 1. The molecule has 44 heavy (non-hydrogen) atoms. The van der Waals surface area contributed by atoms with Crippen molar-refractivity contribution < 1.29 is 8.83 Å². The Hall–Kier alpha value is -6.07. The van der Waals surface area contributed by atoms with Crippen LogP contribution in [0.2, 0.25) is 0 Å². The van der Waals surface area contributed by atoms with Crippen LogP contribution in [0.25, 0.3) is 89.0 Å². The third kappa shape index (κ3) is 3.83. The fourth-order valence-electron chi connectivity index (χ4n) is 6.14. The molecular weight excluding hydrogens is 542 g/mol. The summed E-state index contributed by atoms with van der Waals surface area (Å²) in [5.41, 5.74) is 10.4. The lowest BCUT2D eigenvalue weighted by Crippen LogP contribution is -1.95. The van der Waals surface area contributed by atoms with E-state index in [-0.39, 0.29) is 0 Å². The van der Waals surface area contributed by atoms with E-state index in [0.29, 0.717) is 22.8 Å². The molecule has 9 aromatic rings. The number of rotatable bonds is 4. The zero-order valence-corrected chi connectivity index (χ0v) is 23.4. The van der Waals surface area contributed by atoms with Gasteiger partial charge in [-0.2, -0.15) is 0 Å².